The maximum absolute atomic E-state index is 5.73. The number of nitrogens with two attached hydrogens (primary N) is 1. The first-order valence-corrected chi connectivity index (χ1v) is 5.72. The van der Waals surface area contributed by atoms with Crippen LogP contribution in [0.1, 0.15) is 17.5 Å². The molecule has 0 spiro atoms. The number of benzene rings is 1. The molecule has 1 aliphatic carbocycles. The van der Waals surface area contributed by atoms with Crippen LogP contribution in [0.25, 0.3) is 0 Å². The summed E-state index contributed by atoms with van der Waals surface area (Å²) in [5.74, 6) is 2.26. The van der Waals surface area contributed by atoms with E-state index >= 15 is 0 Å². The van der Waals surface area contributed by atoms with E-state index in [-0.39, 0.29) is 0 Å². The normalized spacial score (nSPS) is 19.1. The van der Waals surface area contributed by atoms with Crippen molar-refractivity contribution in [1.82, 2.24) is 0 Å². The highest BCUT2D eigenvalue weighted by atomic mass is 16.5. The van der Waals surface area contributed by atoms with Crippen molar-refractivity contribution in [3.05, 3.63) is 23.3 Å². The maximum atomic E-state index is 5.73. The van der Waals surface area contributed by atoms with Gasteiger partial charge in [-0.2, -0.15) is 0 Å². The van der Waals surface area contributed by atoms with Crippen molar-refractivity contribution in [2.24, 2.45) is 11.7 Å². The monoisotopic (exact) mass is 221 g/mol. The van der Waals surface area contributed by atoms with Crippen LogP contribution in [0.15, 0.2) is 12.1 Å². The highest BCUT2D eigenvalue weighted by molar-refractivity contribution is 5.48. The smallest absolute Gasteiger partial charge is 0.161 e. The first-order valence-electron chi connectivity index (χ1n) is 5.72. The molecule has 1 atom stereocenters. The van der Waals surface area contributed by atoms with E-state index in [1.165, 1.54) is 17.5 Å². The van der Waals surface area contributed by atoms with E-state index in [1.807, 2.05) is 0 Å². The van der Waals surface area contributed by atoms with E-state index in [0.29, 0.717) is 5.92 Å². The summed E-state index contributed by atoms with van der Waals surface area (Å²) >= 11 is 0. The lowest BCUT2D eigenvalue weighted by molar-refractivity contribution is 0.352. The van der Waals surface area contributed by atoms with Crippen molar-refractivity contribution in [2.45, 2.75) is 19.3 Å². The summed E-state index contributed by atoms with van der Waals surface area (Å²) in [6, 6.07) is 4.19. The van der Waals surface area contributed by atoms with Crippen LogP contribution >= 0.6 is 0 Å². The van der Waals surface area contributed by atoms with Crippen molar-refractivity contribution < 1.29 is 9.47 Å². The van der Waals surface area contributed by atoms with Gasteiger partial charge in [0.05, 0.1) is 14.2 Å². The van der Waals surface area contributed by atoms with Crippen molar-refractivity contribution in [1.29, 1.82) is 0 Å². The molecule has 3 heteroatoms. The van der Waals surface area contributed by atoms with Crippen molar-refractivity contribution >= 4 is 0 Å². The zero-order chi connectivity index (χ0) is 11.5. The van der Waals surface area contributed by atoms with Crippen molar-refractivity contribution in [2.75, 3.05) is 20.8 Å². The van der Waals surface area contributed by atoms with Crippen LogP contribution in [0.3, 0.4) is 0 Å². The second-order valence-corrected chi connectivity index (χ2v) is 4.32. The SMILES string of the molecule is COc1cc2c(cc1OC)CC(CN)CC2. The molecule has 16 heavy (non-hydrogen) atoms. The summed E-state index contributed by atoms with van der Waals surface area (Å²) in [5.41, 5.74) is 8.47. The molecule has 1 aromatic rings. The van der Waals surface area contributed by atoms with E-state index in [1.54, 1.807) is 14.2 Å². The third-order valence-corrected chi connectivity index (χ3v) is 3.37. The van der Waals surface area contributed by atoms with Crippen LogP contribution in [0.2, 0.25) is 0 Å². The third kappa shape index (κ3) is 2.00. The molecular formula is C13H19NO2. The van der Waals surface area contributed by atoms with Crippen LogP contribution in [-0.4, -0.2) is 20.8 Å². The quantitative estimate of drug-likeness (QED) is 0.846. The topological polar surface area (TPSA) is 44.5 Å². The van der Waals surface area contributed by atoms with Crippen LogP contribution in [0.4, 0.5) is 0 Å². The molecule has 0 aliphatic heterocycles. The molecule has 1 unspecified atom stereocenters. The zero-order valence-electron chi connectivity index (χ0n) is 9.95. The van der Waals surface area contributed by atoms with E-state index in [2.05, 4.69) is 12.1 Å². The Balaban J connectivity index is 2.34. The summed E-state index contributed by atoms with van der Waals surface area (Å²) in [6.07, 6.45) is 3.34. The number of hydrogen-bond donors (Lipinski definition) is 1. The molecule has 0 aromatic heterocycles. The van der Waals surface area contributed by atoms with E-state index in [4.69, 9.17) is 15.2 Å². The molecule has 0 radical (unpaired) electrons. The van der Waals surface area contributed by atoms with Crippen molar-refractivity contribution in [3.63, 3.8) is 0 Å². The number of ether oxygens (including phenoxy) is 2. The number of fused-ring (bicyclic) bond motifs is 1. The molecule has 0 heterocycles. The molecule has 2 rings (SSSR count). The standard InChI is InChI=1S/C13H19NO2/c1-15-12-6-10-4-3-9(8-14)5-11(10)7-13(12)16-2/h6-7,9H,3-5,8,14H2,1-2H3. The fourth-order valence-corrected chi connectivity index (χ4v) is 2.36. The second-order valence-electron chi connectivity index (χ2n) is 4.32. The lowest BCUT2D eigenvalue weighted by atomic mass is 9.84. The minimum atomic E-state index is 0.616. The number of hydrogen-bond acceptors (Lipinski definition) is 3. The number of aryl methyl sites for hydroxylation is 1. The molecule has 1 aliphatic rings. The number of rotatable bonds is 3. The van der Waals surface area contributed by atoms with E-state index < -0.39 is 0 Å². The molecule has 0 saturated carbocycles. The third-order valence-electron chi connectivity index (χ3n) is 3.37. The molecule has 0 amide bonds. The Morgan fingerprint density at radius 1 is 1.19 bits per heavy atom. The van der Waals surface area contributed by atoms with Gasteiger partial charge in [-0.15, -0.1) is 0 Å². The molecule has 1 aromatic carbocycles. The Morgan fingerprint density at radius 2 is 1.81 bits per heavy atom. The first-order chi connectivity index (χ1) is 7.78. The van der Waals surface area contributed by atoms with Gasteiger partial charge in [0.1, 0.15) is 0 Å². The highest BCUT2D eigenvalue weighted by Gasteiger charge is 2.20. The molecule has 0 saturated heterocycles. The fraction of sp³-hybridized carbons (Fsp3) is 0.538. The predicted octanol–water partition coefficient (Wildman–Crippen LogP) is 1.77. The molecule has 2 N–H and O–H groups in total. The predicted molar refractivity (Wildman–Crippen MR) is 64.1 cm³/mol. The van der Waals surface area contributed by atoms with E-state index in [0.717, 1.165) is 30.9 Å². The molecule has 0 bridgehead atoms. The van der Waals surface area contributed by atoms with E-state index in [9.17, 15) is 0 Å². The average molecular weight is 221 g/mol. The highest BCUT2D eigenvalue weighted by Crippen LogP contribution is 2.35. The maximum Gasteiger partial charge on any atom is 0.161 e. The summed E-state index contributed by atoms with van der Waals surface area (Å²) in [5, 5.41) is 0. The Hall–Kier alpha value is -1.22. The van der Waals surface area contributed by atoms with Crippen molar-refractivity contribution in [3.8, 4) is 11.5 Å². The summed E-state index contributed by atoms with van der Waals surface area (Å²) in [4.78, 5) is 0. The second kappa shape index (κ2) is 4.74. The van der Waals surface area contributed by atoms with Gasteiger partial charge >= 0.3 is 0 Å². The van der Waals surface area contributed by atoms with Gasteiger partial charge < -0.3 is 15.2 Å². The van der Waals surface area contributed by atoms with Gasteiger partial charge in [0.15, 0.2) is 11.5 Å². The molecule has 3 nitrogen and oxygen atoms in total. The van der Waals surface area contributed by atoms with Gasteiger partial charge in [-0.1, -0.05) is 0 Å². The Bertz CT molecular complexity index is 376. The summed E-state index contributed by atoms with van der Waals surface area (Å²) < 4.78 is 10.6. The molecular weight excluding hydrogens is 202 g/mol. The van der Waals surface area contributed by atoms with Gasteiger partial charge in [-0.05, 0) is 55.0 Å². The van der Waals surface area contributed by atoms with Crippen LogP contribution < -0.4 is 15.2 Å². The van der Waals surface area contributed by atoms with Gasteiger partial charge in [-0.25, -0.2) is 0 Å². The molecule has 88 valence electrons. The van der Waals surface area contributed by atoms with Crippen LogP contribution in [-0.2, 0) is 12.8 Å². The first kappa shape index (κ1) is 11.3. The minimum Gasteiger partial charge on any atom is -0.493 e. The Kier molecular flexibility index (Phi) is 3.34. The zero-order valence-corrected chi connectivity index (χ0v) is 9.95. The van der Waals surface area contributed by atoms with Gasteiger partial charge in [-0.3, -0.25) is 0 Å². The van der Waals surface area contributed by atoms with Gasteiger partial charge in [0.25, 0.3) is 0 Å². The largest absolute Gasteiger partial charge is 0.493 e. The lowest BCUT2D eigenvalue weighted by Crippen LogP contribution is -2.22. The van der Waals surface area contributed by atoms with Gasteiger partial charge in [0.2, 0.25) is 0 Å². The summed E-state index contributed by atoms with van der Waals surface area (Å²) in [6.45, 7) is 0.772. The fourth-order valence-electron chi connectivity index (χ4n) is 2.36. The molecule has 0 fully saturated rings. The summed E-state index contributed by atoms with van der Waals surface area (Å²) in [7, 11) is 3.35. The average Bonchev–Trinajstić information content (AvgIpc) is 2.36. The Morgan fingerprint density at radius 3 is 2.38 bits per heavy atom. The number of methoxy groups -OCH3 is 2. The Labute approximate surface area is 96.5 Å². The van der Waals surface area contributed by atoms with Crippen LogP contribution in [0, 0.1) is 5.92 Å². The minimum absolute atomic E-state index is 0.616. The van der Waals surface area contributed by atoms with Crippen LogP contribution in [0.5, 0.6) is 11.5 Å². The lowest BCUT2D eigenvalue weighted by Gasteiger charge is -2.24. The van der Waals surface area contributed by atoms with Gasteiger partial charge in [0, 0.05) is 0 Å².